The zero-order valence-electron chi connectivity index (χ0n) is 9.09. The molecular formula is C13H13ClN2O. The zero-order chi connectivity index (χ0) is 11.4. The van der Waals surface area contributed by atoms with Crippen LogP contribution in [-0.4, -0.2) is 5.91 Å². The molecular weight excluding hydrogens is 236 g/mol. The van der Waals surface area contributed by atoms with Crippen LogP contribution in [0.25, 0.3) is 0 Å². The third kappa shape index (κ3) is 3.50. The second-order valence-corrected chi connectivity index (χ2v) is 3.44. The number of benzene rings is 2. The molecule has 0 unspecified atom stereocenters. The molecule has 17 heavy (non-hydrogen) atoms. The van der Waals surface area contributed by atoms with Crippen LogP contribution >= 0.6 is 12.4 Å². The van der Waals surface area contributed by atoms with Gasteiger partial charge in [-0.15, -0.1) is 12.4 Å². The van der Waals surface area contributed by atoms with Gasteiger partial charge in [0.25, 0.3) is 5.91 Å². The molecule has 0 atom stereocenters. The number of nitrogen functional groups attached to an aromatic ring is 1. The minimum absolute atomic E-state index is 0. The number of para-hydroxylation sites is 1. The Morgan fingerprint density at radius 2 is 1.53 bits per heavy atom. The van der Waals surface area contributed by atoms with Crippen LogP contribution in [0.1, 0.15) is 10.4 Å². The van der Waals surface area contributed by atoms with Gasteiger partial charge in [-0.25, -0.2) is 0 Å². The number of amides is 1. The number of nitrogens with two attached hydrogens (primary N) is 1. The van der Waals surface area contributed by atoms with Crippen molar-refractivity contribution in [3.63, 3.8) is 0 Å². The molecule has 0 radical (unpaired) electrons. The maximum absolute atomic E-state index is 11.8. The van der Waals surface area contributed by atoms with Crippen LogP contribution < -0.4 is 11.1 Å². The number of carbonyl (C=O) groups excluding carboxylic acids is 1. The molecule has 2 aromatic rings. The van der Waals surface area contributed by atoms with Gasteiger partial charge < -0.3 is 11.1 Å². The Morgan fingerprint density at radius 3 is 2.12 bits per heavy atom. The molecule has 0 aromatic heterocycles. The van der Waals surface area contributed by atoms with Gasteiger partial charge in [-0.2, -0.15) is 0 Å². The fraction of sp³-hybridized carbons (Fsp3) is 0. The van der Waals surface area contributed by atoms with E-state index in [9.17, 15) is 4.79 Å². The molecule has 0 bridgehead atoms. The standard InChI is InChI=1S/C13H12N2O.ClH/c14-11-8-6-10(7-9-11)13(16)15-12-4-2-1-3-5-12;/h1-9H,14H2,(H,15,16);1H. The third-order valence-electron chi connectivity index (χ3n) is 2.20. The van der Waals surface area contributed by atoms with Crippen molar-refractivity contribution in [3.8, 4) is 0 Å². The molecule has 0 aliphatic carbocycles. The first-order valence-electron chi connectivity index (χ1n) is 4.97. The van der Waals surface area contributed by atoms with Crippen molar-refractivity contribution in [2.45, 2.75) is 0 Å². The maximum atomic E-state index is 11.8. The SMILES string of the molecule is Cl.Nc1ccc(C(=O)Nc2ccccc2)cc1. The van der Waals surface area contributed by atoms with Gasteiger partial charge in [0.1, 0.15) is 0 Å². The van der Waals surface area contributed by atoms with E-state index in [1.54, 1.807) is 24.3 Å². The minimum Gasteiger partial charge on any atom is -0.399 e. The molecule has 0 aliphatic heterocycles. The van der Waals surface area contributed by atoms with E-state index in [1.807, 2.05) is 30.3 Å². The number of carbonyl (C=O) groups is 1. The van der Waals surface area contributed by atoms with E-state index in [0.29, 0.717) is 11.3 Å². The van der Waals surface area contributed by atoms with E-state index in [4.69, 9.17) is 5.73 Å². The van der Waals surface area contributed by atoms with Gasteiger partial charge in [0.15, 0.2) is 0 Å². The quantitative estimate of drug-likeness (QED) is 0.803. The maximum Gasteiger partial charge on any atom is 0.255 e. The lowest BCUT2D eigenvalue weighted by Crippen LogP contribution is -2.11. The number of hydrogen-bond acceptors (Lipinski definition) is 2. The second kappa shape index (κ2) is 5.92. The highest BCUT2D eigenvalue weighted by Gasteiger charge is 2.04. The Balaban J connectivity index is 0.00000144. The number of nitrogens with one attached hydrogen (secondary N) is 1. The molecule has 0 aliphatic rings. The van der Waals surface area contributed by atoms with Crippen molar-refractivity contribution in [3.05, 3.63) is 60.2 Å². The van der Waals surface area contributed by atoms with E-state index in [-0.39, 0.29) is 18.3 Å². The third-order valence-corrected chi connectivity index (χ3v) is 2.20. The molecule has 0 spiro atoms. The predicted octanol–water partition coefficient (Wildman–Crippen LogP) is 2.94. The van der Waals surface area contributed by atoms with E-state index >= 15 is 0 Å². The monoisotopic (exact) mass is 248 g/mol. The number of anilines is 2. The summed E-state index contributed by atoms with van der Waals surface area (Å²) in [6, 6.07) is 16.2. The van der Waals surface area contributed by atoms with Crippen LogP contribution in [0.3, 0.4) is 0 Å². The molecule has 2 rings (SSSR count). The van der Waals surface area contributed by atoms with Crippen molar-refractivity contribution in [1.82, 2.24) is 0 Å². The second-order valence-electron chi connectivity index (χ2n) is 3.44. The fourth-order valence-electron chi connectivity index (χ4n) is 1.36. The van der Waals surface area contributed by atoms with Crippen molar-refractivity contribution < 1.29 is 4.79 Å². The first kappa shape index (κ1) is 13.1. The van der Waals surface area contributed by atoms with Gasteiger partial charge in [-0.1, -0.05) is 18.2 Å². The average Bonchev–Trinajstić information content (AvgIpc) is 2.31. The first-order valence-corrected chi connectivity index (χ1v) is 4.97. The lowest BCUT2D eigenvalue weighted by molar-refractivity contribution is 0.102. The first-order chi connectivity index (χ1) is 7.75. The Kier molecular flexibility index (Phi) is 4.55. The van der Waals surface area contributed by atoms with E-state index in [2.05, 4.69) is 5.32 Å². The lowest BCUT2D eigenvalue weighted by Gasteiger charge is -2.04. The van der Waals surface area contributed by atoms with Crippen molar-refractivity contribution >= 4 is 29.7 Å². The summed E-state index contributed by atoms with van der Waals surface area (Å²) >= 11 is 0. The van der Waals surface area contributed by atoms with Crippen LogP contribution in [0.2, 0.25) is 0 Å². The van der Waals surface area contributed by atoms with Crippen molar-refractivity contribution in [1.29, 1.82) is 0 Å². The fourth-order valence-corrected chi connectivity index (χ4v) is 1.36. The molecule has 88 valence electrons. The van der Waals surface area contributed by atoms with Crippen LogP contribution in [0, 0.1) is 0 Å². The van der Waals surface area contributed by atoms with Gasteiger partial charge in [-0.05, 0) is 36.4 Å². The highest BCUT2D eigenvalue weighted by molar-refractivity contribution is 6.04. The van der Waals surface area contributed by atoms with Gasteiger partial charge in [-0.3, -0.25) is 4.79 Å². The Bertz CT molecular complexity index is 483. The van der Waals surface area contributed by atoms with Crippen LogP contribution in [0.4, 0.5) is 11.4 Å². The number of rotatable bonds is 2. The highest BCUT2D eigenvalue weighted by atomic mass is 35.5. The molecule has 3 nitrogen and oxygen atoms in total. The Labute approximate surface area is 106 Å². The summed E-state index contributed by atoms with van der Waals surface area (Å²) in [5.41, 5.74) is 7.57. The van der Waals surface area contributed by atoms with Gasteiger partial charge in [0, 0.05) is 16.9 Å². The Hall–Kier alpha value is -2.00. The molecule has 0 fully saturated rings. The molecule has 3 N–H and O–H groups in total. The minimum atomic E-state index is -0.133. The summed E-state index contributed by atoms with van der Waals surface area (Å²) in [5.74, 6) is -0.133. The lowest BCUT2D eigenvalue weighted by atomic mass is 10.2. The highest BCUT2D eigenvalue weighted by Crippen LogP contribution is 2.10. The summed E-state index contributed by atoms with van der Waals surface area (Å²) in [7, 11) is 0. The van der Waals surface area contributed by atoms with Gasteiger partial charge >= 0.3 is 0 Å². The topological polar surface area (TPSA) is 55.1 Å². The summed E-state index contributed by atoms with van der Waals surface area (Å²) in [6.07, 6.45) is 0. The summed E-state index contributed by atoms with van der Waals surface area (Å²) < 4.78 is 0. The molecule has 0 saturated carbocycles. The molecule has 0 heterocycles. The molecule has 2 aromatic carbocycles. The zero-order valence-corrected chi connectivity index (χ0v) is 9.91. The average molecular weight is 249 g/mol. The van der Waals surface area contributed by atoms with Gasteiger partial charge in [0.2, 0.25) is 0 Å². The van der Waals surface area contributed by atoms with Crippen molar-refractivity contribution in [2.24, 2.45) is 0 Å². The summed E-state index contributed by atoms with van der Waals surface area (Å²) in [4.78, 5) is 11.8. The largest absolute Gasteiger partial charge is 0.399 e. The van der Waals surface area contributed by atoms with Crippen LogP contribution in [0.15, 0.2) is 54.6 Å². The summed E-state index contributed by atoms with van der Waals surface area (Å²) in [6.45, 7) is 0. The van der Waals surface area contributed by atoms with Gasteiger partial charge in [0.05, 0.1) is 0 Å². The van der Waals surface area contributed by atoms with E-state index in [0.717, 1.165) is 5.69 Å². The van der Waals surface area contributed by atoms with Crippen molar-refractivity contribution in [2.75, 3.05) is 11.1 Å². The normalized spacial score (nSPS) is 9.18. The molecule has 1 amide bonds. The van der Waals surface area contributed by atoms with E-state index < -0.39 is 0 Å². The number of halogens is 1. The Morgan fingerprint density at radius 1 is 0.941 bits per heavy atom. The predicted molar refractivity (Wildman–Crippen MR) is 72.5 cm³/mol. The molecule has 4 heteroatoms. The van der Waals surface area contributed by atoms with E-state index in [1.165, 1.54) is 0 Å². The number of hydrogen-bond donors (Lipinski definition) is 2. The summed E-state index contributed by atoms with van der Waals surface area (Å²) in [5, 5.41) is 2.80. The molecule has 0 saturated heterocycles. The smallest absolute Gasteiger partial charge is 0.255 e. The van der Waals surface area contributed by atoms with Crippen LogP contribution in [0.5, 0.6) is 0 Å². The van der Waals surface area contributed by atoms with Crippen LogP contribution in [-0.2, 0) is 0 Å².